The molecule has 0 amide bonds. The molecule has 0 aromatic carbocycles. The molecule has 0 aliphatic rings. The Kier molecular flexibility index (Phi) is 2.90. The highest BCUT2D eigenvalue weighted by molar-refractivity contribution is 5.30. The maximum atomic E-state index is 3.85. The Bertz CT molecular complexity index is 264. The maximum Gasteiger partial charge on any atom is 0.144 e. The van der Waals surface area contributed by atoms with Crippen LogP contribution in [0.25, 0.3) is 0 Å². The van der Waals surface area contributed by atoms with Crippen molar-refractivity contribution in [1.82, 2.24) is 15.0 Å². The van der Waals surface area contributed by atoms with Gasteiger partial charge in [0, 0.05) is 13.6 Å². The van der Waals surface area contributed by atoms with Gasteiger partial charge in [-0.2, -0.15) is 0 Å². The van der Waals surface area contributed by atoms with E-state index in [-0.39, 0.29) is 0 Å². The molecule has 0 saturated carbocycles. The van der Waals surface area contributed by atoms with Crippen molar-refractivity contribution in [3.05, 3.63) is 6.20 Å². The summed E-state index contributed by atoms with van der Waals surface area (Å²) in [4.78, 5) is 0. The van der Waals surface area contributed by atoms with E-state index in [2.05, 4.69) is 36.4 Å². The first-order valence-electron chi connectivity index (χ1n) is 4.64. The fraction of sp³-hybridized carbons (Fsp3) is 0.778. The molecule has 0 spiro atoms. The van der Waals surface area contributed by atoms with Gasteiger partial charge >= 0.3 is 0 Å². The molecular formula is C9H18N4. The first-order valence-corrected chi connectivity index (χ1v) is 4.64. The summed E-state index contributed by atoms with van der Waals surface area (Å²) in [6, 6.07) is 0. The van der Waals surface area contributed by atoms with Crippen molar-refractivity contribution in [3.8, 4) is 0 Å². The van der Waals surface area contributed by atoms with Gasteiger partial charge in [0.25, 0.3) is 0 Å². The van der Waals surface area contributed by atoms with Gasteiger partial charge in [-0.1, -0.05) is 26.0 Å². The Morgan fingerprint density at radius 3 is 2.69 bits per heavy atom. The SMILES string of the molecule is CCC(C)(C)CNc1cnnn1C. The van der Waals surface area contributed by atoms with Crippen LogP contribution in [0.2, 0.25) is 0 Å². The number of anilines is 1. The quantitative estimate of drug-likeness (QED) is 0.770. The van der Waals surface area contributed by atoms with Crippen LogP contribution in [-0.2, 0) is 7.05 Å². The lowest BCUT2D eigenvalue weighted by molar-refractivity contribution is 0.376. The number of nitrogens with one attached hydrogen (secondary N) is 1. The van der Waals surface area contributed by atoms with Crippen LogP contribution in [0, 0.1) is 5.41 Å². The van der Waals surface area contributed by atoms with Gasteiger partial charge < -0.3 is 5.32 Å². The molecule has 4 nitrogen and oxygen atoms in total. The van der Waals surface area contributed by atoms with Crippen LogP contribution in [0.15, 0.2) is 6.20 Å². The largest absolute Gasteiger partial charge is 0.368 e. The normalized spacial score (nSPS) is 11.7. The molecule has 1 rings (SSSR count). The van der Waals surface area contributed by atoms with Crippen molar-refractivity contribution in [2.75, 3.05) is 11.9 Å². The number of hydrogen-bond donors (Lipinski definition) is 1. The number of hydrogen-bond acceptors (Lipinski definition) is 3. The predicted molar refractivity (Wildman–Crippen MR) is 53.6 cm³/mol. The van der Waals surface area contributed by atoms with Gasteiger partial charge in [-0.05, 0) is 11.8 Å². The number of nitrogens with zero attached hydrogens (tertiary/aromatic N) is 3. The van der Waals surface area contributed by atoms with Crippen molar-refractivity contribution in [2.24, 2.45) is 12.5 Å². The summed E-state index contributed by atoms with van der Waals surface area (Å²) in [6.07, 6.45) is 2.90. The third-order valence-electron chi connectivity index (χ3n) is 2.42. The number of rotatable bonds is 4. The zero-order valence-corrected chi connectivity index (χ0v) is 8.83. The van der Waals surface area contributed by atoms with Crippen LogP contribution in [0.5, 0.6) is 0 Å². The fourth-order valence-corrected chi connectivity index (χ4v) is 0.905. The highest BCUT2D eigenvalue weighted by atomic mass is 15.4. The first kappa shape index (κ1) is 10.0. The first-order chi connectivity index (χ1) is 6.05. The van der Waals surface area contributed by atoms with Gasteiger partial charge in [0.2, 0.25) is 0 Å². The average molecular weight is 182 g/mol. The van der Waals surface area contributed by atoms with Crippen LogP contribution in [-0.4, -0.2) is 21.5 Å². The Hall–Kier alpha value is -1.06. The molecule has 0 fully saturated rings. The second-order valence-corrected chi connectivity index (χ2v) is 4.11. The lowest BCUT2D eigenvalue weighted by Crippen LogP contribution is -2.22. The third kappa shape index (κ3) is 2.72. The van der Waals surface area contributed by atoms with Gasteiger partial charge in [-0.3, -0.25) is 0 Å². The van der Waals surface area contributed by atoms with Crippen molar-refractivity contribution in [3.63, 3.8) is 0 Å². The summed E-state index contributed by atoms with van der Waals surface area (Å²) in [5.41, 5.74) is 0.324. The van der Waals surface area contributed by atoms with E-state index in [1.165, 1.54) is 0 Å². The molecule has 0 saturated heterocycles. The molecule has 1 N–H and O–H groups in total. The van der Waals surface area contributed by atoms with Crippen LogP contribution >= 0.6 is 0 Å². The highest BCUT2D eigenvalue weighted by Crippen LogP contribution is 2.19. The zero-order valence-electron chi connectivity index (χ0n) is 8.83. The minimum atomic E-state index is 0.324. The Balaban J connectivity index is 2.48. The minimum absolute atomic E-state index is 0.324. The van der Waals surface area contributed by atoms with Crippen LogP contribution < -0.4 is 5.32 Å². The lowest BCUT2D eigenvalue weighted by Gasteiger charge is -2.23. The fourth-order valence-electron chi connectivity index (χ4n) is 0.905. The molecule has 1 aromatic heterocycles. The van der Waals surface area contributed by atoms with Crippen molar-refractivity contribution in [2.45, 2.75) is 27.2 Å². The van der Waals surface area contributed by atoms with Crippen molar-refractivity contribution >= 4 is 5.82 Å². The lowest BCUT2D eigenvalue weighted by atomic mass is 9.90. The van der Waals surface area contributed by atoms with Crippen molar-refractivity contribution < 1.29 is 0 Å². The van der Waals surface area contributed by atoms with Gasteiger partial charge in [-0.25, -0.2) is 4.68 Å². The van der Waals surface area contributed by atoms with E-state index in [1.54, 1.807) is 10.9 Å². The van der Waals surface area contributed by atoms with E-state index in [4.69, 9.17) is 0 Å². The molecular weight excluding hydrogens is 164 g/mol. The minimum Gasteiger partial charge on any atom is -0.368 e. The van der Waals surface area contributed by atoms with Crippen LogP contribution in [0.3, 0.4) is 0 Å². The van der Waals surface area contributed by atoms with Crippen LogP contribution in [0.1, 0.15) is 27.2 Å². The predicted octanol–water partition coefficient (Wildman–Crippen LogP) is 1.66. The Labute approximate surface area is 79.3 Å². The molecule has 0 unspecified atom stereocenters. The number of aryl methyl sites for hydroxylation is 1. The summed E-state index contributed by atoms with van der Waals surface area (Å²) in [6.45, 7) is 7.63. The molecule has 4 heteroatoms. The molecule has 0 aliphatic heterocycles. The molecule has 74 valence electrons. The third-order valence-corrected chi connectivity index (χ3v) is 2.42. The second-order valence-electron chi connectivity index (χ2n) is 4.11. The van der Waals surface area contributed by atoms with E-state index in [9.17, 15) is 0 Å². The molecule has 0 atom stereocenters. The smallest absolute Gasteiger partial charge is 0.144 e. The summed E-state index contributed by atoms with van der Waals surface area (Å²) in [5, 5.41) is 11.0. The molecule has 0 bridgehead atoms. The second kappa shape index (κ2) is 3.77. The summed E-state index contributed by atoms with van der Waals surface area (Å²) >= 11 is 0. The zero-order chi connectivity index (χ0) is 9.90. The van der Waals surface area contributed by atoms with Gasteiger partial charge in [0.1, 0.15) is 5.82 Å². The van der Waals surface area contributed by atoms with E-state index in [0.29, 0.717) is 5.41 Å². The van der Waals surface area contributed by atoms with Crippen LogP contribution in [0.4, 0.5) is 5.82 Å². The van der Waals surface area contributed by atoms with E-state index in [0.717, 1.165) is 18.8 Å². The topological polar surface area (TPSA) is 42.7 Å². The van der Waals surface area contributed by atoms with Gasteiger partial charge in [0.05, 0.1) is 6.20 Å². The van der Waals surface area contributed by atoms with E-state index < -0.39 is 0 Å². The monoisotopic (exact) mass is 182 g/mol. The summed E-state index contributed by atoms with van der Waals surface area (Å²) in [7, 11) is 1.88. The average Bonchev–Trinajstić information content (AvgIpc) is 2.48. The molecule has 1 aromatic rings. The molecule has 13 heavy (non-hydrogen) atoms. The molecule has 1 heterocycles. The number of aromatic nitrogens is 3. The standard InChI is InChI=1S/C9H18N4/c1-5-9(2,3)7-10-8-6-11-12-13(8)4/h6,10H,5,7H2,1-4H3. The van der Waals surface area contributed by atoms with Gasteiger partial charge in [0.15, 0.2) is 0 Å². The maximum absolute atomic E-state index is 3.85. The van der Waals surface area contributed by atoms with E-state index >= 15 is 0 Å². The van der Waals surface area contributed by atoms with E-state index in [1.807, 2.05) is 7.05 Å². The van der Waals surface area contributed by atoms with Gasteiger partial charge in [-0.15, -0.1) is 5.10 Å². The summed E-state index contributed by atoms with van der Waals surface area (Å²) in [5.74, 6) is 0.974. The van der Waals surface area contributed by atoms with Crippen molar-refractivity contribution in [1.29, 1.82) is 0 Å². The highest BCUT2D eigenvalue weighted by Gasteiger charge is 2.14. The molecule has 0 radical (unpaired) electrons. The molecule has 0 aliphatic carbocycles. The Morgan fingerprint density at radius 1 is 1.54 bits per heavy atom. The Morgan fingerprint density at radius 2 is 2.23 bits per heavy atom. The summed E-state index contributed by atoms with van der Waals surface area (Å²) < 4.78 is 1.74.